The quantitative estimate of drug-likeness (QED) is 0.685. The Balaban J connectivity index is 1.97. The van der Waals surface area contributed by atoms with Gasteiger partial charge < -0.3 is 10.1 Å². The molecule has 0 amide bonds. The second-order valence-corrected chi connectivity index (χ2v) is 4.18. The molecular formula is C11H23NO. The summed E-state index contributed by atoms with van der Waals surface area (Å²) in [6.45, 7) is 7.61. The number of ether oxygens (including phenoxy) is 1. The monoisotopic (exact) mass is 185 g/mol. The number of nitrogens with one attached hydrogen (secondary N) is 1. The van der Waals surface area contributed by atoms with Crippen LogP contribution in [0.1, 0.15) is 39.5 Å². The van der Waals surface area contributed by atoms with Crippen LogP contribution in [0.4, 0.5) is 0 Å². The Hall–Kier alpha value is -0.0800. The molecule has 0 aliphatic carbocycles. The zero-order valence-corrected chi connectivity index (χ0v) is 9.01. The zero-order chi connectivity index (χ0) is 9.52. The fraction of sp³-hybridized carbons (Fsp3) is 1.00. The average molecular weight is 185 g/mol. The second kappa shape index (κ2) is 6.39. The second-order valence-electron chi connectivity index (χ2n) is 4.18. The predicted molar refractivity (Wildman–Crippen MR) is 55.9 cm³/mol. The van der Waals surface area contributed by atoms with Crippen molar-refractivity contribution in [3.05, 3.63) is 0 Å². The van der Waals surface area contributed by atoms with Crippen LogP contribution in [0.15, 0.2) is 0 Å². The van der Waals surface area contributed by atoms with E-state index in [4.69, 9.17) is 4.74 Å². The Morgan fingerprint density at radius 2 is 2.38 bits per heavy atom. The highest BCUT2D eigenvalue weighted by Crippen LogP contribution is 2.11. The lowest BCUT2D eigenvalue weighted by Crippen LogP contribution is -2.31. The topological polar surface area (TPSA) is 21.3 Å². The van der Waals surface area contributed by atoms with Crippen molar-refractivity contribution < 1.29 is 4.74 Å². The van der Waals surface area contributed by atoms with E-state index in [1.54, 1.807) is 0 Å². The van der Waals surface area contributed by atoms with E-state index in [0.29, 0.717) is 6.04 Å². The van der Waals surface area contributed by atoms with Gasteiger partial charge in [0, 0.05) is 19.2 Å². The molecule has 78 valence electrons. The molecule has 2 unspecified atom stereocenters. The molecule has 0 aromatic rings. The first-order chi connectivity index (χ1) is 6.33. The van der Waals surface area contributed by atoms with Crippen molar-refractivity contribution in [3.63, 3.8) is 0 Å². The third-order valence-electron chi connectivity index (χ3n) is 2.77. The molecule has 2 atom stereocenters. The Morgan fingerprint density at radius 3 is 3.00 bits per heavy atom. The molecule has 0 bridgehead atoms. The number of hydrogen-bond donors (Lipinski definition) is 1. The van der Waals surface area contributed by atoms with Crippen molar-refractivity contribution in [2.75, 3.05) is 19.8 Å². The van der Waals surface area contributed by atoms with Gasteiger partial charge in [-0.15, -0.1) is 0 Å². The Morgan fingerprint density at radius 1 is 1.54 bits per heavy atom. The van der Waals surface area contributed by atoms with Gasteiger partial charge in [-0.25, -0.2) is 0 Å². The maximum absolute atomic E-state index is 5.33. The summed E-state index contributed by atoms with van der Waals surface area (Å²) in [6, 6.07) is 0.681. The van der Waals surface area contributed by atoms with Crippen LogP contribution >= 0.6 is 0 Å². The van der Waals surface area contributed by atoms with Crippen LogP contribution < -0.4 is 5.32 Å². The molecule has 1 aliphatic heterocycles. The molecule has 0 saturated carbocycles. The van der Waals surface area contributed by atoms with Gasteiger partial charge in [-0.05, 0) is 25.7 Å². The Kier molecular flexibility index (Phi) is 5.40. The minimum absolute atomic E-state index is 0.681. The first-order valence-corrected chi connectivity index (χ1v) is 5.64. The highest BCUT2D eigenvalue weighted by Gasteiger charge is 2.15. The van der Waals surface area contributed by atoms with E-state index in [0.717, 1.165) is 25.7 Å². The molecule has 0 aromatic carbocycles. The first-order valence-electron chi connectivity index (χ1n) is 5.64. The van der Waals surface area contributed by atoms with E-state index in [1.807, 2.05) is 0 Å². The van der Waals surface area contributed by atoms with Crippen molar-refractivity contribution >= 4 is 0 Å². The van der Waals surface area contributed by atoms with Crippen molar-refractivity contribution in [2.45, 2.75) is 45.6 Å². The van der Waals surface area contributed by atoms with Crippen LogP contribution in [-0.4, -0.2) is 25.8 Å². The fourth-order valence-corrected chi connectivity index (χ4v) is 1.72. The lowest BCUT2D eigenvalue weighted by molar-refractivity contribution is 0.184. The molecule has 0 spiro atoms. The molecule has 1 fully saturated rings. The smallest absolute Gasteiger partial charge is 0.0507 e. The normalized spacial score (nSPS) is 24.9. The summed E-state index contributed by atoms with van der Waals surface area (Å²) >= 11 is 0. The standard InChI is InChI=1S/C11H23NO/c1-3-4-5-10(2)12-8-11-6-7-13-9-11/h10-12H,3-9H2,1-2H3. The van der Waals surface area contributed by atoms with Gasteiger partial charge in [0.25, 0.3) is 0 Å². The molecule has 1 saturated heterocycles. The summed E-state index contributed by atoms with van der Waals surface area (Å²) in [5, 5.41) is 3.58. The van der Waals surface area contributed by atoms with E-state index in [2.05, 4.69) is 19.2 Å². The van der Waals surface area contributed by atoms with E-state index < -0.39 is 0 Å². The van der Waals surface area contributed by atoms with Gasteiger partial charge in [0.2, 0.25) is 0 Å². The summed E-state index contributed by atoms with van der Waals surface area (Å²) in [6.07, 6.45) is 5.20. The predicted octanol–water partition coefficient (Wildman–Crippen LogP) is 2.19. The number of rotatable bonds is 6. The van der Waals surface area contributed by atoms with Crippen molar-refractivity contribution in [1.29, 1.82) is 0 Å². The van der Waals surface area contributed by atoms with Crippen molar-refractivity contribution in [3.8, 4) is 0 Å². The van der Waals surface area contributed by atoms with Crippen molar-refractivity contribution in [1.82, 2.24) is 5.32 Å². The largest absolute Gasteiger partial charge is 0.381 e. The Labute approximate surface area is 82.0 Å². The van der Waals surface area contributed by atoms with E-state index in [1.165, 1.54) is 25.7 Å². The summed E-state index contributed by atoms with van der Waals surface area (Å²) in [7, 11) is 0. The molecule has 1 heterocycles. The molecular weight excluding hydrogens is 162 g/mol. The third-order valence-corrected chi connectivity index (χ3v) is 2.77. The van der Waals surface area contributed by atoms with Gasteiger partial charge in [0.05, 0.1) is 6.61 Å². The minimum Gasteiger partial charge on any atom is -0.381 e. The molecule has 2 nitrogen and oxygen atoms in total. The molecule has 0 aromatic heterocycles. The van der Waals surface area contributed by atoms with Crippen LogP contribution in [0.5, 0.6) is 0 Å². The highest BCUT2D eigenvalue weighted by atomic mass is 16.5. The van der Waals surface area contributed by atoms with E-state index in [-0.39, 0.29) is 0 Å². The van der Waals surface area contributed by atoms with E-state index in [9.17, 15) is 0 Å². The minimum atomic E-state index is 0.681. The van der Waals surface area contributed by atoms with Crippen LogP contribution in [0.3, 0.4) is 0 Å². The summed E-state index contributed by atoms with van der Waals surface area (Å²) in [4.78, 5) is 0. The SMILES string of the molecule is CCCCC(C)NCC1CCOC1. The Bertz CT molecular complexity index is 121. The van der Waals surface area contributed by atoms with E-state index >= 15 is 0 Å². The van der Waals surface area contributed by atoms with Gasteiger partial charge >= 0.3 is 0 Å². The molecule has 2 heteroatoms. The maximum atomic E-state index is 5.33. The molecule has 1 rings (SSSR count). The van der Waals surface area contributed by atoms with Gasteiger partial charge in [0.15, 0.2) is 0 Å². The third kappa shape index (κ3) is 4.63. The molecule has 0 radical (unpaired) electrons. The number of unbranched alkanes of at least 4 members (excludes halogenated alkanes) is 1. The summed E-state index contributed by atoms with van der Waals surface area (Å²) in [5.41, 5.74) is 0. The first kappa shape index (κ1) is 11.0. The van der Waals surface area contributed by atoms with Gasteiger partial charge in [-0.3, -0.25) is 0 Å². The number of hydrogen-bond acceptors (Lipinski definition) is 2. The van der Waals surface area contributed by atoms with Crippen molar-refractivity contribution in [2.24, 2.45) is 5.92 Å². The van der Waals surface area contributed by atoms with Crippen LogP contribution in [-0.2, 0) is 4.74 Å². The fourth-order valence-electron chi connectivity index (χ4n) is 1.72. The lowest BCUT2D eigenvalue weighted by atomic mass is 10.1. The van der Waals surface area contributed by atoms with Crippen LogP contribution in [0.25, 0.3) is 0 Å². The molecule has 1 aliphatic rings. The summed E-state index contributed by atoms with van der Waals surface area (Å²) in [5.74, 6) is 0.768. The lowest BCUT2D eigenvalue weighted by Gasteiger charge is -2.15. The van der Waals surface area contributed by atoms with Crippen LogP contribution in [0.2, 0.25) is 0 Å². The highest BCUT2D eigenvalue weighted by molar-refractivity contribution is 4.69. The maximum Gasteiger partial charge on any atom is 0.0507 e. The van der Waals surface area contributed by atoms with Gasteiger partial charge in [0.1, 0.15) is 0 Å². The average Bonchev–Trinajstić information content (AvgIpc) is 2.64. The molecule has 1 N–H and O–H groups in total. The summed E-state index contributed by atoms with van der Waals surface area (Å²) < 4.78 is 5.33. The van der Waals surface area contributed by atoms with Gasteiger partial charge in [-0.2, -0.15) is 0 Å². The zero-order valence-electron chi connectivity index (χ0n) is 9.01. The van der Waals surface area contributed by atoms with Crippen LogP contribution in [0, 0.1) is 5.92 Å². The molecule has 13 heavy (non-hydrogen) atoms. The van der Waals surface area contributed by atoms with Gasteiger partial charge in [-0.1, -0.05) is 19.8 Å².